The Balaban J connectivity index is 1.83. The summed E-state index contributed by atoms with van der Waals surface area (Å²) < 4.78 is 4.99. The molecule has 5 nitrogen and oxygen atoms in total. The van der Waals surface area contributed by atoms with Gasteiger partial charge in [0.25, 0.3) is 5.91 Å². The molecule has 0 unspecified atom stereocenters. The number of aromatic nitrogens is 1. The first kappa shape index (κ1) is 17.0. The smallest absolute Gasteiger partial charge is 0.357 e. The summed E-state index contributed by atoms with van der Waals surface area (Å²) in [6.07, 6.45) is 3.52. The van der Waals surface area contributed by atoms with Crippen molar-refractivity contribution < 1.29 is 14.3 Å². The third-order valence-electron chi connectivity index (χ3n) is 3.21. The van der Waals surface area contributed by atoms with Gasteiger partial charge in [0.2, 0.25) is 0 Å². The zero-order valence-corrected chi connectivity index (χ0v) is 13.9. The molecule has 0 saturated heterocycles. The Morgan fingerprint density at radius 3 is 2.52 bits per heavy atom. The maximum Gasteiger partial charge on any atom is 0.357 e. The fourth-order valence-electron chi connectivity index (χ4n) is 1.89. The van der Waals surface area contributed by atoms with Gasteiger partial charge in [-0.1, -0.05) is 18.2 Å². The number of pyridine rings is 1. The molecule has 0 spiro atoms. The molecule has 0 fully saturated rings. The van der Waals surface area contributed by atoms with E-state index < -0.39 is 5.97 Å². The minimum Gasteiger partial charge on any atom is -0.451 e. The Labute approximate surface area is 139 Å². The van der Waals surface area contributed by atoms with Crippen molar-refractivity contribution in [2.75, 3.05) is 19.9 Å². The Hall–Kier alpha value is -2.34. The van der Waals surface area contributed by atoms with Crippen molar-refractivity contribution in [3.63, 3.8) is 0 Å². The average Bonchev–Trinajstić information content (AvgIpc) is 2.60. The summed E-state index contributed by atoms with van der Waals surface area (Å²) in [5.41, 5.74) is 1.21. The largest absolute Gasteiger partial charge is 0.451 e. The van der Waals surface area contributed by atoms with Crippen LogP contribution in [-0.2, 0) is 16.1 Å². The van der Waals surface area contributed by atoms with Gasteiger partial charge in [0, 0.05) is 24.7 Å². The van der Waals surface area contributed by atoms with Crippen LogP contribution in [0.2, 0.25) is 0 Å². The molecule has 0 atom stereocenters. The zero-order chi connectivity index (χ0) is 16.7. The second-order valence-electron chi connectivity index (χ2n) is 4.89. The first-order chi connectivity index (χ1) is 11.1. The zero-order valence-electron chi connectivity index (χ0n) is 13.1. The first-order valence-electron chi connectivity index (χ1n) is 7.05. The van der Waals surface area contributed by atoms with Gasteiger partial charge in [-0.2, -0.15) is 0 Å². The second-order valence-corrected chi connectivity index (χ2v) is 5.77. The normalized spacial score (nSPS) is 10.2. The summed E-state index contributed by atoms with van der Waals surface area (Å²) in [5.74, 6) is -0.861. The summed E-state index contributed by atoms with van der Waals surface area (Å²) in [6, 6.07) is 12.9. The lowest BCUT2D eigenvalue weighted by molar-refractivity contribution is -0.133. The molecule has 120 valence electrons. The number of likely N-dealkylation sites (N-methyl/N-ethyl adjacent to an activating group) is 1. The highest BCUT2D eigenvalue weighted by molar-refractivity contribution is 7.98. The molecule has 0 saturated carbocycles. The van der Waals surface area contributed by atoms with Gasteiger partial charge in [0.05, 0.1) is 0 Å². The van der Waals surface area contributed by atoms with Crippen molar-refractivity contribution in [2.24, 2.45) is 0 Å². The molecular weight excluding hydrogens is 312 g/mol. The summed E-state index contributed by atoms with van der Waals surface area (Å²) in [4.78, 5) is 30.4. The maximum absolute atomic E-state index is 12.0. The van der Waals surface area contributed by atoms with Crippen molar-refractivity contribution in [1.29, 1.82) is 0 Å². The van der Waals surface area contributed by atoms with Gasteiger partial charge in [-0.15, -0.1) is 11.8 Å². The van der Waals surface area contributed by atoms with Crippen LogP contribution in [-0.4, -0.2) is 41.7 Å². The van der Waals surface area contributed by atoms with E-state index in [1.807, 2.05) is 30.5 Å². The van der Waals surface area contributed by atoms with Crippen LogP contribution in [0.15, 0.2) is 53.6 Å². The first-order valence-corrected chi connectivity index (χ1v) is 8.27. The fraction of sp³-hybridized carbons (Fsp3) is 0.235. The predicted molar refractivity (Wildman–Crippen MR) is 89.2 cm³/mol. The van der Waals surface area contributed by atoms with Crippen molar-refractivity contribution in [1.82, 2.24) is 9.88 Å². The predicted octanol–water partition coefficient (Wildman–Crippen LogP) is 2.62. The second kappa shape index (κ2) is 8.33. The SMILES string of the molecule is CSc1ccc(CN(C)C(=O)COC(=O)c2ccccn2)cc1. The van der Waals surface area contributed by atoms with Gasteiger partial charge in [-0.05, 0) is 36.1 Å². The molecular formula is C17H18N2O3S. The number of esters is 1. The quantitative estimate of drug-likeness (QED) is 0.602. The number of ether oxygens (including phenoxy) is 1. The Morgan fingerprint density at radius 2 is 1.91 bits per heavy atom. The van der Waals surface area contributed by atoms with Crippen molar-refractivity contribution in [2.45, 2.75) is 11.4 Å². The molecule has 2 aromatic rings. The number of carbonyl (C=O) groups is 2. The molecule has 0 radical (unpaired) electrons. The van der Waals surface area contributed by atoms with Gasteiger partial charge in [0.1, 0.15) is 5.69 Å². The minimum absolute atomic E-state index is 0.190. The van der Waals surface area contributed by atoms with Crippen LogP contribution in [0.25, 0.3) is 0 Å². The van der Waals surface area contributed by atoms with Crippen molar-refractivity contribution in [3.8, 4) is 0 Å². The van der Waals surface area contributed by atoms with Gasteiger partial charge < -0.3 is 9.64 Å². The molecule has 1 heterocycles. The molecule has 0 aliphatic heterocycles. The Kier molecular flexibility index (Phi) is 6.17. The lowest BCUT2D eigenvalue weighted by atomic mass is 10.2. The van der Waals surface area contributed by atoms with Crippen LogP contribution in [0.1, 0.15) is 16.1 Å². The summed E-state index contributed by atoms with van der Waals surface area (Å²) in [5, 5.41) is 0. The van der Waals surface area contributed by atoms with Crippen LogP contribution in [0.3, 0.4) is 0 Å². The molecule has 23 heavy (non-hydrogen) atoms. The number of hydrogen-bond acceptors (Lipinski definition) is 5. The number of rotatable bonds is 6. The Morgan fingerprint density at radius 1 is 1.17 bits per heavy atom. The van der Waals surface area contributed by atoms with Crippen LogP contribution in [0.4, 0.5) is 0 Å². The number of nitrogens with zero attached hydrogens (tertiary/aromatic N) is 2. The fourth-order valence-corrected chi connectivity index (χ4v) is 2.30. The number of carbonyl (C=O) groups excluding carboxylic acids is 2. The average molecular weight is 330 g/mol. The van der Waals surface area contributed by atoms with Crippen LogP contribution in [0.5, 0.6) is 0 Å². The maximum atomic E-state index is 12.0. The van der Waals surface area contributed by atoms with Crippen LogP contribution >= 0.6 is 11.8 Å². The van der Waals surface area contributed by atoms with E-state index in [0.717, 1.165) is 5.56 Å². The third-order valence-corrected chi connectivity index (χ3v) is 3.95. The van der Waals surface area contributed by atoms with E-state index in [4.69, 9.17) is 4.74 Å². The van der Waals surface area contributed by atoms with E-state index in [0.29, 0.717) is 6.54 Å². The topological polar surface area (TPSA) is 59.5 Å². The third kappa shape index (κ3) is 5.10. The van der Waals surface area contributed by atoms with E-state index in [1.54, 1.807) is 37.0 Å². The van der Waals surface area contributed by atoms with E-state index in [1.165, 1.54) is 16.0 Å². The van der Waals surface area contributed by atoms with E-state index in [2.05, 4.69) is 4.98 Å². The highest BCUT2D eigenvalue weighted by Gasteiger charge is 2.14. The number of thioether (sulfide) groups is 1. The molecule has 0 aliphatic rings. The highest BCUT2D eigenvalue weighted by atomic mass is 32.2. The van der Waals surface area contributed by atoms with Crippen molar-refractivity contribution in [3.05, 3.63) is 59.9 Å². The molecule has 1 aromatic carbocycles. The summed E-state index contributed by atoms with van der Waals surface area (Å²) in [6.45, 7) is 0.170. The van der Waals surface area contributed by atoms with E-state index >= 15 is 0 Å². The molecule has 0 N–H and O–H groups in total. The van der Waals surface area contributed by atoms with Crippen LogP contribution in [0, 0.1) is 0 Å². The van der Waals surface area contributed by atoms with E-state index in [9.17, 15) is 9.59 Å². The van der Waals surface area contributed by atoms with Gasteiger partial charge >= 0.3 is 5.97 Å². The van der Waals surface area contributed by atoms with Crippen molar-refractivity contribution >= 4 is 23.6 Å². The minimum atomic E-state index is -0.600. The number of benzene rings is 1. The molecule has 6 heteroatoms. The van der Waals surface area contributed by atoms with Gasteiger partial charge in [-0.25, -0.2) is 9.78 Å². The number of hydrogen-bond donors (Lipinski definition) is 0. The number of amides is 1. The van der Waals surface area contributed by atoms with E-state index in [-0.39, 0.29) is 18.2 Å². The molecule has 0 aliphatic carbocycles. The highest BCUT2D eigenvalue weighted by Crippen LogP contribution is 2.15. The molecule has 2 rings (SSSR count). The summed E-state index contributed by atoms with van der Waals surface area (Å²) in [7, 11) is 1.68. The monoisotopic (exact) mass is 330 g/mol. The molecule has 1 amide bonds. The molecule has 1 aromatic heterocycles. The Bertz CT molecular complexity index is 659. The lowest BCUT2D eigenvalue weighted by Crippen LogP contribution is -2.30. The molecule has 0 bridgehead atoms. The van der Waals surface area contributed by atoms with Gasteiger partial charge in [0.15, 0.2) is 6.61 Å². The standard InChI is InChI=1S/C17H18N2O3S/c1-19(11-13-6-8-14(23-2)9-7-13)16(20)12-22-17(21)15-5-3-4-10-18-15/h3-10H,11-12H2,1-2H3. The van der Waals surface area contributed by atoms with Crippen LogP contribution < -0.4 is 0 Å². The lowest BCUT2D eigenvalue weighted by Gasteiger charge is -2.17. The van der Waals surface area contributed by atoms with Gasteiger partial charge in [-0.3, -0.25) is 4.79 Å². The summed E-state index contributed by atoms with van der Waals surface area (Å²) >= 11 is 1.67.